The lowest BCUT2D eigenvalue weighted by molar-refractivity contribution is -0.385. The van der Waals surface area contributed by atoms with Gasteiger partial charge in [-0.3, -0.25) is 19.7 Å². The number of ketones is 1. The van der Waals surface area contributed by atoms with Gasteiger partial charge in [-0.15, -0.1) is 0 Å². The van der Waals surface area contributed by atoms with E-state index in [4.69, 9.17) is 0 Å². The molecular weight excluding hydrogens is 428 g/mol. The van der Waals surface area contributed by atoms with Crippen LogP contribution in [-0.4, -0.2) is 58.1 Å². The van der Waals surface area contributed by atoms with E-state index in [1.807, 2.05) is 6.07 Å². The van der Waals surface area contributed by atoms with E-state index in [2.05, 4.69) is 10.3 Å². The fourth-order valence-corrected chi connectivity index (χ4v) is 3.86. The third kappa shape index (κ3) is 5.66. The topological polar surface area (TPSA) is 142 Å². The largest absolute Gasteiger partial charge is 0.481 e. The first kappa shape index (κ1) is 23.7. The molecule has 2 aromatic carbocycles. The fraction of sp³-hybridized carbons (Fsp3) is 0.304. The monoisotopic (exact) mass is 452 g/mol. The van der Waals surface area contributed by atoms with Gasteiger partial charge < -0.3 is 15.3 Å². The first-order valence-corrected chi connectivity index (χ1v) is 10.4. The number of nitro benzene ring substituents is 1. The summed E-state index contributed by atoms with van der Waals surface area (Å²) in [6.07, 6.45) is 0.431. The Hall–Kier alpha value is -3.92. The number of hydrogen-bond donors (Lipinski definition) is 2. The molecule has 0 saturated carbocycles. The van der Waals surface area contributed by atoms with Crippen molar-refractivity contribution in [2.75, 3.05) is 19.6 Å². The standard InChI is InChI=1S/C23H24N4O6/c1-15-20(22(29)30)21(17-9-5-10-18(13-17)27(32)33)26(23(31)25-15)12-6-11-24-14-19(28)16-7-3-2-4-8-16/h2-5,7-10,13,20-21,24H,6,11-12,14H2,1H3,(H,29,30). The highest BCUT2D eigenvalue weighted by molar-refractivity contribution is 6.07. The lowest BCUT2D eigenvalue weighted by Gasteiger charge is -2.37. The van der Waals surface area contributed by atoms with Gasteiger partial charge in [0.05, 0.1) is 17.5 Å². The Labute approximate surface area is 190 Å². The number of nitro groups is 1. The Bertz CT molecular complexity index is 1090. The van der Waals surface area contributed by atoms with Crippen molar-refractivity contribution in [2.24, 2.45) is 10.9 Å². The Morgan fingerprint density at radius 3 is 2.58 bits per heavy atom. The third-order valence-electron chi connectivity index (χ3n) is 5.44. The molecule has 10 nitrogen and oxygen atoms in total. The van der Waals surface area contributed by atoms with Gasteiger partial charge in [0.1, 0.15) is 5.92 Å². The number of urea groups is 1. The number of amides is 2. The van der Waals surface area contributed by atoms with Crippen LogP contribution in [0.4, 0.5) is 10.5 Å². The number of nitrogens with zero attached hydrogens (tertiary/aromatic N) is 3. The zero-order chi connectivity index (χ0) is 24.0. The predicted octanol–water partition coefficient (Wildman–Crippen LogP) is 3.10. The smallest absolute Gasteiger partial charge is 0.344 e. The second-order valence-corrected chi connectivity index (χ2v) is 7.66. The quantitative estimate of drug-likeness (QED) is 0.244. The fourth-order valence-electron chi connectivity index (χ4n) is 3.86. The number of benzene rings is 2. The molecule has 2 atom stereocenters. The SMILES string of the molecule is CC1=NC(=O)N(CCCNCC(=O)c2ccccc2)C(c2cccc([N+](=O)[O-])c2)C1C(=O)O. The molecule has 0 saturated heterocycles. The van der Waals surface area contributed by atoms with Crippen LogP contribution < -0.4 is 5.32 Å². The molecule has 0 radical (unpaired) electrons. The molecule has 1 aliphatic heterocycles. The molecule has 33 heavy (non-hydrogen) atoms. The van der Waals surface area contributed by atoms with Gasteiger partial charge in [-0.25, -0.2) is 9.79 Å². The van der Waals surface area contributed by atoms with Crippen molar-refractivity contribution >= 4 is 29.2 Å². The number of hydrogen-bond acceptors (Lipinski definition) is 6. The van der Waals surface area contributed by atoms with Gasteiger partial charge in [-0.05, 0) is 25.5 Å². The molecule has 2 amide bonds. The summed E-state index contributed by atoms with van der Waals surface area (Å²) < 4.78 is 0. The summed E-state index contributed by atoms with van der Waals surface area (Å²) in [6, 6.07) is 13.0. The Morgan fingerprint density at radius 2 is 1.91 bits per heavy atom. The number of non-ortho nitro benzene ring substituents is 1. The summed E-state index contributed by atoms with van der Waals surface area (Å²) in [4.78, 5) is 52.7. The van der Waals surface area contributed by atoms with Gasteiger partial charge in [-0.2, -0.15) is 0 Å². The maximum atomic E-state index is 12.7. The molecule has 0 spiro atoms. The van der Waals surface area contributed by atoms with E-state index >= 15 is 0 Å². The van der Waals surface area contributed by atoms with Gasteiger partial charge in [0.15, 0.2) is 5.78 Å². The molecule has 10 heteroatoms. The van der Waals surface area contributed by atoms with E-state index in [0.29, 0.717) is 24.1 Å². The van der Waals surface area contributed by atoms with E-state index in [1.54, 1.807) is 30.3 Å². The summed E-state index contributed by atoms with van der Waals surface area (Å²) in [5.74, 6) is -2.36. The van der Waals surface area contributed by atoms with Crippen LogP contribution in [0, 0.1) is 16.0 Å². The Balaban J connectivity index is 1.72. The summed E-state index contributed by atoms with van der Waals surface area (Å²) in [5.41, 5.74) is 0.902. The highest BCUT2D eigenvalue weighted by atomic mass is 16.6. The number of carboxylic acid groups (broad SMARTS) is 1. The van der Waals surface area contributed by atoms with E-state index in [0.717, 1.165) is 0 Å². The molecule has 1 aliphatic rings. The predicted molar refractivity (Wildman–Crippen MR) is 120 cm³/mol. The molecular formula is C23H24N4O6. The molecule has 0 fully saturated rings. The molecule has 2 N–H and O–H groups in total. The summed E-state index contributed by atoms with van der Waals surface area (Å²) in [5, 5.41) is 24.0. The second-order valence-electron chi connectivity index (χ2n) is 7.66. The highest BCUT2D eigenvalue weighted by Gasteiger charge is 2.42. The normalized spacial score (nSPS) is 18.0. The Kier molecular flexibility index (Phi) is 7.62. The average molecular weight is 452 g/mol. The minimum Gasteiger partial charge on any atom is -0.481 e. The molecule has 2 aromatic rings. The van der Waals surface area contributed by atoms with E-state index in [1.165, 1.54) is 30.0 Å². The van der Waals surface area contributed by atoms with Crippen molar-refractivity contribution < 1.29 is 24.4 Å². The van der Waals surface area contributed by atoms with Crippen molar-refractivity contribution in [3.8, 4) is 0 Å². The molecule has 0 aromatic heterocycles. The average Bonchev–Trinajstić information content (AvgIpc) is 2.79. The third-order valence-corrected chi connectivity index (χ3v) is 5.44. The van der Waals surface area contributed by atoms with Crippen LogP contribution in [0.2, 0.25) is 0 Å². The van der Waals surface area contributed by atoms with Crippen LogP contribution in [0.5, 0.6) is 0 Å². The molecule has 2 unspecified atom stereocenters. The van der Waals surface area contributed by atoms with Crippen LogP contribution in [0.1, 0.15) is 35.3 Å². The minimum absolute atomic E-state index is 0.0645. The molecule has 172 valence electrons. The van der Waals surface area contributed by atoms with Gasteiger partial charge >= 0.3 is 12.0 Å². The van der Waals surface area contributed by atoms with Crippen LogP contribution in [0.15, 0.2) is 59.6 Å². The van der Waals surface area contributed by atoms with Crippen molar-refractivity contribution in [2.45, 2.75) is 19.4 Å². The van der Waals surface area contributed by atoms with E-state index in [9.17, 15) is 29.6 Å². The number of carbonyl (C=O) groups excluding carboxylic acids is 2. The van der Waals surface area contributed by atoms with Gasteiger partial charge in [0.25, 0.3) is 5.69 Å². The van der Waals surface area contributed by atoms with Crippen LogP contribution >= 0.6 is 0 Å². The lowest BCUT2D eigenvalue weighted by atomic mass is 9.86. The number of nitrogens with one attached hydrogen (secondary N) is 1. The lowest BCUT2D eigenvalue weighted by Crippen LogP contribution is -2.47. The van der Waals surface area contributed by atoms with Crippen molar-refractivity contribution in [3.63, 3.8) is 0 Å². The number of carbonyl (C=O) groups is 3. The maximum Gasteiger partial charge on any atom is 0.344 e. The van der Waals surface area contributed by atoms with E-state index in [-0.39, 0.29) is 30.3 Å². The number of rotatable bonds is 10. The van der Waals surface area contributed by atoms with Crippen molar-refractivity contribution in [1.29, 1.82) is 0 Å². The number of aliphatic imine (C=N–C) groups is 1. The van der Waals surface area contributed by atoms with Crippen molar-refractivity contribution in [3.05, 3.63) is 75.8 Å². The summed E-state index contributed by atoms with van der Waals surface area (Å²) >= 11 is 0. The number of aliphatic carboxylic acids is 1. The van der Waals surface area contributed by atoms with E-state index < -0.39 is 28.9 Å². The zero-order valence-electron chi connectivity index (χ0n) is 18.0. The van der Waals surface area contributed by atoms with Crippen molar-refractivity contribution in [1.82, 2.24) is 10.2 Å². The van der Waals surface area contributed by atoms with Gasteiger partial charge in [0, 0.05) is 30.0 Å². The molecule has 1 heterocycles. The summed E-state index contributed by atoms with van der Waals surface area (Å²) in [7, 11) is 0. The Morgan fingerprint density at radius 1 is 1.18 bits per heavy atom. The molecule has 3 rings (SSSR count). The van der Waals surface area contributed by atoms with Crippen LogP contribution in [-0.2, 0) is 4.79 Å². The maximum absolute atomic E-state index is 12.7. The number of carboxylic acids is 1. The minimum atomic E-state index is -1.17. The van der Waals surface area contributed by atoms with Gasteiger partial charge in [0.2, 0.25) is 0 Å². The highest BCUT2D eigenvalue weighted by Crippen LogP contribution is 2.35. The summed E-state index contributed by atoms with van der Waals surface area (Å²) in [6.45, 7) is 2.17. The van der Waals surface area contributed by atoms with Gasteiger partial charge in [-0.1, -0.05) is 42.5 Å². The molecule has 0 bridgehead atoms. The first-order valence-electron chi connectivity index (χ1n) is 10.4. The molecule has 0 aliphatic carbocycles. The second kappa shape index (κ2) is 10.6. The van der Waals surface area contributed by atoms with Crippen LogP contribution in [0.3, 0.4) is 0 Å². The first-order chi connectivity index (χ1) is 15.8. The van der Waals surface area contributed by atoms with Crippen LogP contribution in [0.25, 0.3) is 0 Å². The number of Topliss-reactive ketones (excluding diaryl/α,β-unsaturated/α-hetero) is 1. The zero-order valence-corrected chi connectivity index (χ0v) is 18.0.